The van der Waals surface area contributed by atoms with Crippen molar-refractivity contribution in [3.05, 3.63) is 86.8 Å². The van der Waals surface area contributed by atoms with E-state index in [1.807, 2.05) is 17.5 Å². The molecule has 152 valence electrons. The van der Waals surface area contributed by atoms with E-state index in [1.165, 1.54) is 35.6 Å². The van der Waals surface area contributed by atoms with E-state index in [-0.39, 0.29) is 29.6 Å². The van der Waals surface area contributed by atoms with E-state index in [4.69, 9.17) is 0 Å². The van der Waals surface area contributed by atoms with Gasteiger partial charge in [0.1, 0.15) is 5.82 Å². The maximum atomic E-state index is 13.2. The molecule has 1 heterocycles. The zero-order valence-electron chi connectivity index (χ0n) is 15.1. The number of benzene rings is 2. The number of thiophene rings is 1. The number of rotatable bonds is 8. The summed E-state index contributed by atoms with van der Waals surface area (Å²) in [4.78, 5) is 13.5. The molecule has 0 bridgehead atoms. The lowest BCUT2D eigenvalue weighted by Gasteiger charge is -2.18. The Morgan fingerprint density at radius 2 is 1.86 bits per heavy atom. The quantitative estimate of drug-likeness (QED) is 0.490. The maximum Gasteiger partial charge on any atom is 0.240 e. The minimum atomic E-state index is -3.71. The third-order valence-corrected chi connectivity index (χ3v) is 6.98. The third kappa shape index (κ3) is 5.96. The summed E-state index contributed by atoms with van der Waals surface area (Å²) in [5.41, 5.74) is 0.747. The van der Waals surface area contributed by atoms with E-state index in [1.54, 1.807) is 24.3 Å². The Kier molecular flexibility index (Phi) is 7.18. The zero-order valence-corrected chi connectivity index (χ0v) is 18.4. The number of nitrogens with one attached hydrogen (secondary N) is 2. The molecule has 2 aromatic carbocycles. The first-order valence-electron chi connectivity index (χ1n) is 8.68. The molecule has 0 fully saturated rings. The van der Waals surface area contributed by atoms with Gasteiger partial charge in [0.15, 0.2) is 0 Å². The average molecular weight is 497 g/mol. The van der Waals surface area contributed by atoms with E-state index in [0.29, 0.717) is 4.47 Å². The number of carbonyl (C=O) groups is 1. The van der Waals surface area contributed by atoms with Gasteiger partial charge < -0.3 is 5.32 Å². The van der Waals surface area contributed by atoms with Gasteiger partial charge in [-0.3, -0.25) is 4.79 Å². The fourth-order valence-corrected chi connectivity index (χ4v) is 5.11. The largest absolute Gasteiger partial charge is 0.344 e. The van der Waals surface area contributed by atoms with Crippen LogP contribution in [0.2, 0.25) is 0 Å². The molecule has 3 rings (SSSR count). The molecule has 0 radical (unpaired) electrons. The van der Waals surface area contributed by atoms with Crippen molar-refractivity contribution in [1.29, 1.82) is 0 Å². The van der Waals surface area contributed by atoms with Gasteiger partial charge in [-0.1, -0.05) is 40.2 Å². The molecule has 0 aliphatic carbocycles. The molecule has 3 aromatic rings. The predicted octanol–water partition coefficient (Wildman–Crippen LogP) is 4.22. The van der Waals surface area contributed by atoms with Crippen LogP contribution in [-0.2, 0) is 14.8 Å². The Hall–Kier alpha value is -2.07. The lowest BCUT2D eigenvalue weighted by Crippen LogP contribution is -2.33. The first-order chi connectivity index (χ1) is 13.8. The summed E-state index contributed by atoms with van der Waals surface area (Å²) in [7, 11) is -3.71. The average Bonchev–Trinajstić information content (AvgIpc) is 3.21. The van der Waals surface area contributed by atoms with Crippen molar-refractivity contribution in [1.82, 2.24) is 10.0 Å². The van der Waals surface area contributed by atoms with Gasteiger partial charge in [-0.25, -0.2) is 17.5 Å². The third-order valence-electron chi connectivity index (χ3n) is 4.09. The van der Waals surface area contributed by atoms with Crippen molar-refractivity contribution < 1.29 is 17.6 Å². The summed E-state index contributed by atoms with van der Waals surface area (Å²) >= 11 is 4.71. The van der Waals surface area contributed by atoms with E-state index in [0.717, 1.165) is 10.4 Å². The van der Waals surface area contributed by atoms with Gasteiger partial charge in [0.2, 0.25) is 15.9 Å². The summed E-state index contributed by atoms with van der Waals surface area (Å²) in [6.07, 6.45) is -0.0314. The number of hydrogen-bond acceptors (Lipinski definition) is 4. The Balaban J connectivity index is 1.63. The number of sulfonamides is 1. The molecular weight excluding hydrogens is 479 g/mol. The molecule has 0 aliphatic heterocycles. The summed E-state index contributed by atoms with van der Waals surface area (Å²) < 4.78 is 41.0. The van der Waals surface area contributed by atoms with Gasteiger partial charge in [0.25, 0.3) is 0 Å². The normalized spacial score (nSPS) is 12.5. The van der Waals surface area contributed by atoms with Gasteiger partial charge in [-0.15, -0.1) is 11.3 Å². The van der Waals surface area contributed by atoms with Crippen molar-refractivity contribution in [3.8, 4) is 0 Å². The summed E-state index contributed by atoms with van der Waals surface area (Å²) in [5.74, 6) is -0.670. The van der Waals surface area contributed by atoms with Crippen molar-refractivity contribution >= 4 is 43.2 Å². The fraction of sp³-hybridized carbons (Fsp3) is 0.150. The highest BCUT2D eigenvalue weighted by molar-refractivity contribution is 9.10. The number of amides is 1. The number of halogens is 2. The van der Waals surface area contributed by atoms with E-state index in [9.17, 15) is 17.6 Å². The molecule has 0 spiro atoms. The molecule has 29 heavy (non-hydrogen) atoms. The van der Waals surface area contributed by atoms with E-state index < -0.39 is 16.1 Å². The van der Waals surface area contributed by atoms with Crippen LogP contribution in [0.1, 0.15) is 22.9 Å². The lowest BCUT2D eigenvalue weighted by molar-refractivity contribution is -0.121. The minimum absolute atomic E-state index is 0.0314. The Labute approximate surface area is 181 Å². The highest BCUT2D eigenvalue weighted by Gasteiger charge is 2.19. The van der Waals surface area contributed by atoms with Crippen molar-refractivity contribution in [2.45, 2.75) is 17.4 Å². The highest BCUT2D eigenvalue weighted by atomic mass is 79.9. The second kappa shape index (κ2) is 9.62. The minimum Gasteiger partial charge on any atom is -0.344 e. The fourth-order valence-electron chi connectivity index (χ4n) is 2.68. The van der Waals surface area contributed by atoms with Gasteiger partial charge >= 0.3 is 0 Å². The Bertz CT molecular complexity index is 1070. The van der Waals surface area contributed by atoms with Crippen molar-refractivity contribution in [2.24, 2.45) is 0 Å². The second-order valence-corrected chi connectivity index (χ2v) is 9.83. The molecule has 0 aliphatic rings. The number of hydrogen-bond donors (Lipinski definition) is 2. The van der Waals surface area contributed by atoms with Gasteiger partial charge in [0.05, 0.1) is 10.9 Å². The molecule has 0 saturated heterocycles. The molecule has 1 aromatic heterocycles. The Morgan fingerprint density at radius 1 is 1.10 bits per heavy atom. The van der Waals surface area contributed by atoms with Crippen LogP contribution in [0.25, 0.3) is 0 Å². The molecule has 1 atom stereocenters. The van der Waals surface area contributed by atoms with Crippen molar-refractivity contribution in [3.63, 3.8) is 0 Å². The molecule has 1 amide bonds. The SMILES string of the molecule is O=C(CCNS(=O)(=O)c1cccc(Br)c1)NC(c1ccc(F)cc1)c1cccs1. The summed E-state index contributed by atoms with van der Waals surface area (Å²) in [6.45, 7) is -0.0404. The van der Waals surface area contributed by atoms with E-state index in [2.05, 4.69) is 26.0 Å². The zero-order chi connectivity index (χ0) is 20.9. The summed E-state index contributed by atoms with van der Waals surface area (Å²) in [6, 6.07) is 15.6. The molecule has 0 saturated carbocycles. The van der Waals surface area contributed by atoms with Crippen LogP contribution < -0.4 is 10.0 Å². The van der Waals surface area contributed by atoms with Crippen LogP contribution in [0, 0.1) is 5.82 Å². The topological polar surface area (TPSA) is 75.3 Å². The molecule has 1 unspecified atom stereocenters. The monoisotopic (exact) mass is 496 g/mol. The van der Waals surface area contributed by atoms with E-state index >= 15 is 0 Å². The van der Waals surface area contributed by atoms with Crippen LogP contribution in [0.5, 0.6) is 0 Å². The first kappa shape index (κ1) is 21.6. The summed E-state index contributed by atoms with van der Waals surface area (Å²) in [5, 5.41) is 4.79. The first-order valence-corrected chi connectivity index (χ1v) is 11.8. The molecule has 5 nitrogen and oxygen atoms in total. The lowest BCUT2D eigenvalue weighted by atomic mass is 10.1. The van der Waals surface area contributed by atoms with Crippen LogP contribution >= 0.6 is 27.3 Å². The van der Waals surface area contributed by atoms with Crippen LogP contribution in [0.3, 0.4) is 0 Å². The van der Waals surface area contributed by atoms with Crippen LogP contribution in [-0.4, -0.2) is 20.9 Å². The molecular formula is C20H18BrFN2O3S2. The maximum absolute atomic E-state index is 13.2. The van der Waals surface area contributed by atoms with Crippen molar-refractivity contribution in [2.75, 3.05) is 6.54 Å². The smallest absolute Gasteiger partial charge is 0.240 e. The molecule has 2 N–H and O–H groups in total. The second-order valence-electron chi connectivity index (χ2n) is 6.17. The van der Waals surface area contributed by atoms with Gasteiger partial charge in [-0.05, 0) is 47.3 Å². The highest BCUT2D eigenvalue weighted by Crippen LogP contribution is 2.26. The Morgan fingerprint density at radius 3 is 2.52 bits per heavy atom. The molecule has 9 heteroatoms. The van der Waals surface area contributed by atoms with Crippen LogP contribution in [0.15, 0.2) is 75.4 Å². The number of carbonyl (C=O) groups excluding carboxylic acids is 1. The van der Waals surface area contributed by atoms with Gasteiger partial charge in [-0.2, -0.15) is 0 Å². The predicted molar refractivity (Wildman–Crippen MR) is 115 cm³/mol. The van der Waals surface area contributed by atoms with Crippen LogP contribution in [0.4, 0.5) is 4.39 Å². The standard InChI is InChI=1S/C20H18BrFN2O3S2/c21-15-3-1-4-17(13-15)29(26,27)23-11-10-19(25)24-20(18-5-2-12-28-18)14-6-8-16(22)9-7-14/h1-9,12-13,20,23H,10-11H2,(H,24,25). The van der Waals surface area contributed by atoms with Gasteiger partial charge in [0, 0.05) is 22.3 Å².